The molecule has 0 aliphatic heterocycles. The van der Waals surface area contributed by atoms with Crippen LogP contribution in [0.3, 0.4) is 0 Å². The Labute approximate surface area is 414 Å². The lowest BCUT2D eigenvalue weighted by atomic mass is 9.82. The van der Waals surface area contributed by atoms with Gasteiger partial charge in [0.15, 0.2) is 17.5 Å². The molecule has 14 aromatic rings. The Morgan fingerprint density at radius 1 is 0.333 bits per heavy atom. The minimum atomic E-state index is -0.124. The van der Waals surface area contributed by atoms with Gasteiger partial charge in [-0.25, -0.2) is 15.0 Å². The Morgan fingerprint density at radius 3 is 1.71 bits per heavy atom. The molecule has 10 aromatic carbocycles. The molecule has 1 aliphatic rings. The largest absolute Gasteiger partial charge is 0.456 e. The van der Waals surface area contributed by atoms with Gasteiger partial charge in [0.1, 0.15) is 22.3 Å². The van der Waals surface area contributed by atoms with E-state index in [1.807, 2.05) is 54.6 Å². The minimum Gasteiger partial charge on any atom is -0.456 e. The standard InChI is InChI=1S/C66H42N4O2/c1-66(2)54-23-13-12-21-46(54)49-38-57-51(37-55(49)66)50-33-42(26-30-56(50)70(57)45-19-10-5-11-20-45)43-28-32-59-53(35-43)62-48(22-14-24-60(62)71-59)65-68-63(40-17-8-4-9-18-40)67-64(69-65)44-25-29-47-52-34-41(39-15-6-3-7-16-39)27-31-58(52)72-61(47)36-44/h3-38H,1-2H3. The monoisotopic (exact) mass is 922 g/mol. The zero-order valence-electron chi connectivity index (χ0n) is 39.4. The van der Waals surface area contributed by atoms with E-state index in [1.54, 1.807) is 0 Å². The lowest BCUT2D eigenvalue weighted by Gasteiger charge is -2.21. The summed E-state index contributed by atoms with van der Waals surface area (Å²) in [5, 5.41) is 6.49. The van der Waals surface area contributed by atoms with Gasteiger partial charge < -0.3 is 13.4 Å². The lowest BCUT2D eigenvalue weighted by Crippen LogP contribution is -2.14. The minimum absolute atomic E-state index is 0.124. The maximum absolute atomic E-state index is 6.63. The van der Waals surface area contributed by atoms with Crippen molar-refractivity contribution in [1.29, 1.82) is 0 Å². The second kappa shape index (κ2) is 15.3. The zero-order chi connectivity index (χ0) is 47.7. The first-order chi connectivity index (χ1) is 35.4. The number of aromatic nitrogens is 4. The molecule has 338 valence electrons. The SMILES string of the molecule is CC1(C)c2ccccc2-c2cc3c(cc21)c1cc(-c2ccc4oc5cccc(-c6nc(-c7ccccc7)nc(-c7ccc8c(c7)oc7ccc(-c9ccccc9)cc78)n6)c5c4c2)ccc1n3-c1ccccc1. The number of rotatable bonds is 6. The normalized spacial score (nSPS) is 13.0. The fourth-order valence-corrected chi connectivity index (χ4v) is 11.5. The molecule has 6 nitrogen and oxygen atoms in total. The van der Waals surface area contributed by atoms with Gasteiger partial charge in [0.05, 0.1) is 11.0 Å². The van der Waals surface area contributed by atoms with Crippen LogP contribution in [-0.2, 0) is 5.41 Å². The highest BCUT2D eigenvalue weighted by Gasteiger charge is 2.36. The quantitative estimate of drug-likeness (QED) is 0.166. The molecular weight excluding hydrogens is 881 g/mol. The van der Waals surface area contributed by atoms with Gasteiger partial charge in [-0.2, -0.15) is 0 Å². The Balaban J connectivity index is 0.882. The molecule has 0 unspecified atom stereocenters. The van der Waals surface area contributed by atoms with Crippen molar-refractivity contribution in [2.24, 2.45) is 0 Å². The smallest absolute Gasteiger partial charge is 0.164 e. The van der Waals surface area contributed by atoms with Crippen LogP contribution < -0.4 is 0 Å². The maximum Gasteiger partial charge on any atom is 0.164 e. The first-order valence-electron chi connectivity index (χ1n) is 24.5. The number of benzene rings is 10. The number of furan rings is 2. The summed E-state index contributed by atoms with van der Waals surface area (Å²) in [5.74, 6) is 1.69. The van der Waals surface area contributed by atoms with Crippen molar-refractivity contribution in [2.45, 2.75) is 19.3 Å². The van der Waals surface area contributed by atoms with E-state index >= 15 is 0 Å². The van der Waals surface area contributed by atoms with E-state index in [2.05, 4.69) is 182 Å². The fourth-order valence-electron chi connectivity index (χ4n) is 11.5. The van der Waals surface area contributed by atoms with Crippen LogP contribution in [0.1, 0.15) is 25.0 Å². The van der Waals surface area contributed by atoms with Crippen molar-refractivity contribution >= 4 is 65.7 Å². The molecule has 0 atom stereocenters. The van der Waals surface area contributed by atoms with E-state index in [-0.39, 0.29) is 5.41 Å². The van der Waals surface area contributed by atoms with Gasteiger partial charge in [0.2, 0.25) is 0 Å². The van der Waals surface area contributed by atoms with Crippen LogP contribution in [0.5, 0.6) is 0 Å². The van der Waals surface area contributed by atoms with E-state index in [0.29, 0.717) is 17.5 Å². The van der Waals surface area contributed by atoms with Crippen LogP contribution in [0, 0.1) is 0 Å². The molecule has 0 radical (unpaired) electrons. The average Bonchev–Trinajstić information content (AvgIpc) is 4.16. The maximum atomic E-state index is 6.63. The molecule has 0 spiro atoms. The van der Waals surface area contributed by atoms with Gasteiger partial charge in [-0.1, -0.05) is 153 Å². The van der Waals surface area contributed by atoms with Crippen molar-refractivity contribution in [3.05, 3.63) is 230 Å². The Morgan fingerprint density at radius 2 is 0.917 bits per heavy atom. The number of hydrogen-bond donors (Lipinski definition) is 0. The number of nitrogens with zero attached hydrogens (tertiary/aromatic N) is 4. The van der Waals surface area contributed by atoms with Gasteiger partial charge in [0.25, 0.3) is 0 Å². The first-order valence-corrected chi connectivity index (χ1v) is 24.5. The van der Waals surface area contributed by atoms with E-state index in [9.17, 15) is 0 Å². The number of hydrogen-bond acceptors (Lipinski definition) is 5. The summed E-state index contributed by atoms with van der Waals surface area (Å²) in [7, 11) is 0. The van der Waals surface area contributed by atoms with E-state index < -0.39 is 0 Å². The highest BCUT2D eigenvalue weighted by Crippen LogP contribution is 2.51. The molecule has 4 heterocycles. The summed E-state index contributed by atoms with van der Waals surface area (Å²) in [6.07, 6.45) is 0. The van der Waals surface area contributed by atoms with Gasteiger partial charge in [-0.3, -0.25) is 0 Å². The van der Waals surface area contributed by atoms with Crippen molar-refractivity contribution in [3.8, 4) is 73.2 Å². The zero-order valence-corrected chi connectivity index (χ0v) is 39.4. The molecular formula is C66H42N4O2. The second-order valence-corrected chi connectivity index (χ2v) is 19.5. The van der Waals surface area contributed by atoms with Crippen molar-refractivity contribution in [1.82, 2.24) is 19.5 Å². The van der Waals surface area contributed by atoms with Gasteiger partial charge >= 0.3 is 0 Å². The molecule has 72 heavy (non-hydrogen) atoms. The molecule has 0 bridgehead atoms. The molecule has 4 aromatic heterocycles. The van der Waals surface area contributed by atoms with Crippen LogP contribution >= 0.6 is 0 Å². The molecule has 0 saturated heterocycles. The summed E-state index contributed by atoms with van der Waals surface area (Å²) >= 11 is 0. The molecule has 0 fully saturated rings. The van der Waals surface area contributed by atoms with Crippen molar-refractivity contribution in [3.63, 3.8) is 0 Å². The van der Waals surface area contributed by atoms with Gasteiger partial charge in [-0.05, 0) is 123 Å². The predicted molar refractivity (Wildman–Crippen MR) is 293 cm³/mol. The summed E-state index contributed by atoms with van der Waals surface area (Å²) < 4.78 is 15.5. The molecule has 0 amide bonds. The van der Waals surface area contributed by atoms with E-state index in [1.165, 1.54) is 44.1 Å². The van der Waals surface area contributed by atoms with E-state index in [0.717, 1.165) is 88.5 Å². The molecule has 6 heteroatoms. The topological polar surface area (TPSA) is 69.9 Å². The first kappa shape index (κ1) is 40.5. The Bertz CT molecular complexity index is 4530. The average molecular weight is 923 g/mol. The Kier molecular flexibility index (Phi) is 8.61. The van der Waals surface area contributed by atoms with E-state index in [4.69, 9.17) is 23.8 Å². The van der Waals surface area contributed by atoms with Crippen LogP contribution in [0.25, 0.3) is 139 Å². The van der Waals surface area contributed by atoms with Crippen LogP contribution in [-0.4, -0.2) is 19.5 Å². The molecule has 0 N–H and O–H groups in total. The van der Waals surface area contributed by atoms with Crippen LogP contribution in [0.2, 0.25) is 0 Å². The third-order valence-corrected chi connectivity index (χ3v) is 15.1. The van der Waals surface area contributed by atoms with Crippen molar-refractivity contribution in [2.75, 3.05) is 0 Å². The molecule has 1 aliphatic carbocycles. The predicted octanol–water partition coefficient (Wildman–Crippen LogP) is 17.4. The highest BCUT2D eigenvalue weighted by atomic mass is 16.3. The third-order valence-electron chi connectivity index (χ3n) is 15.1. The summed E-state index contributed by atoms with van der Waals surface area (Å²) in [6.45, 7) is 4.71. The summed E-state index contributed by atoms with van der Waals surface area (Å²) in [6, 6.07) is 77.2. The second-order valence-electron chi connectivity index (χ2n) is 19.5. The summed E-state index contributed by atoms with van der Waals surface area (Å²) in [5.41, 5.74) is 19.0. The molecule has 0 saturated carbocycles. The van der Waals surface area contributed by atoms with Crippen molar-refractivity contribution < 1.29 is 8.83 Å². The fraction of sp³-hybridized carbons (Fsp3) is 0.0455. The van der Waals surface area contributed by atoms with Gasteiger partial charge in [0, 0.05) is 60.1 Å². The highest BCUT2D eigenvalue weighted by molar-refractivity contribution is 6.15. The lowest BCUT2D eigenvalue weighted by molar-refractivity contribution is 0.661. The Hall–Kier alpha value is -9.39. The summed E-state index contributed by atoms with van der Waals surface area (Å²) in [4.78, 5) is 15.6. The van der Waals surface area contributed by atoms with Crippen LogP contribution in [0.4, 0.5) is 0 Å². The van der Waals surface area contributed by atoms with Crippen LogP contribution in [0.15, 0.2) is 227 Å². The number of para-hydroxylation sites is 1. The molecule has 15 rings (SSSR count). The van der Waals surface area contributed by atoms with Gasteiger partial charge in [-0.15, -0.1) is 0 Å². The number of fused-ring (bicyclic) bond motifs is 12. The third kappa shape index (κ3) is 6.12.